The van der Waals surface area contributed by atoms with Crippen LogP contribution >= 0.6 is 11.8 Å². The van der Waals surface area contributed by atoms with E-state index in [1.165, 1.54) is 6.07 Å². The number of thioether (sulfide) groups is 1. The summed E-state index contributed by atoms with van der Waals surface area (Å²) in [7, 11) is 3.31. The molecular formula is C26H32FN5O3S. The van der Waals surface area contributed by atoms with Crippen LogP contribution in [0.4, 0.5) is 10.1 Å². The fourth-order valence-corrected chi connectivity index (χ4v) is 5.34. The van der Waals surface area contributed by atoms with Gasteiger partial charge in [-0.15, -0.1) is 10.2 Å². The maximum Gasteiger partial charge on any atom is 0.253 e. The fourth-order valence-electron chi connectivity index (χ4n) is 4.32. The molecule has 36 heavy (non-hydrogen) atoms. The lowest BCUT2D eigenvalue weighted by Gasteiger charge is -2.36. The molecule has 192 valence electrons. The molecular weight excluding hydrogens is 481 g/mol. The van der Waals surface area contributed by atoms with Gasteiger partial charge in [-0.25, -0.2) is 4.39 Å². The number of rotatable bonds is 10. The summed E-state index contributed by atoms with van der Waals surface area (Å²) in [6, 6.07) is 14.5. The van der Waals surface area contributed by atoms with Crippen LogP contribution in [-0.4, -0.2) is 72.6 Å². The average molecular weight is 514 g/mol. The van der Waals surface area contributed by atoms with Crippen molar-refractivity contribution in [3.8, 4) is 0 Å². The molecule has 10 heteroatoms. The fraction of sp³-hybridized carbons (Fsp3) is 0.423. The first-order chi connectivity index (χ1) is 17.5. The number of hydrogen-bond donors (Lipinski definition) is 0. The molecule has 0 N–H and O–H groups in total. The highest BCUT2D eigenvalue weighted by atomic mass is 32.2. The molecule has 0 radical (unpaired) electrons. The summed E-state index contributed by atoms with van der Waals surface area (Å²) in [4.78, 5) is 16.9. The number of amides is 1. The van der Waals surface area contributed by atoms with Gasteiger partial charge in [0.25, 0.3) is 5.91 Å². The van der Waals surface area contributed by atoms with E-state index in [-0.39, 0.29) is 17.8 Å². The Kier molecular flexibility index (Phi) is 8.95. The molecule has 1 aromatic heterocycles. The van der Waals surface area contributed by atoms with Gasteiger partial charge >= 0.3 is 0 Å². The standard InChI is InChI=1S/C26H32FN5O3S/c1-19(16-34-2)32-24(17-35-3)28-29-26(32)36-18-20-8-10-21(11-9-20)25(33)31-14-12-30(13-15-31)23-7-5-4-6-22(23)27/h4-11,19H,12-18H2,1-3H3/t19-/m1/s1. The number of methoxy groups -OCH3 is 2. The van der Waals surface area contributed by atoms with Gasteiger partial charge in [0.15, 0.2) is 11.0 Å². The minimum atomic E-state index is -0.230. The molecule has 1 aliphatic heterocycles. The highest BCUT2D eigenvalue weighted by molar-refractivity contribution is 7.98. The number of hydrogen-bond acceptors (Lipinski definition) is 7. The Morgan fingerprint density at radius 1 is 1.03 bits per heavy atom. The van der Waals surface area contributed by atoms with Crippen LogP contribution in [0.5, 0.6) is 0 Å². The van der Waals surface area contributed by atoms with Crippen LogP contribution in [0.25, 0.3) is 0 Å². The Bertz CT molecular complexity index is 1150. The maximum absolute atomic E-state index is 14.1. The molecule has 0 spiro atoms. The van der Waals surface area contributed by atoms with Crippen LogP contribution in [0.15, 0.2) is 53.7 Å². The predicted molar refractivity (Wildman–Crippen MR) is 138 cm³/mol. The van der Waals surface area contributed by atoms with Gasteiger partial charge in [-0.2, -0.15) is 0 Å². The van der Waals surface area contributed by atoms with E-state index < -0.39 is 0 Å². The second-order valence-corrected chi connectivity index (χ2v) is 9.66. The van der Waals surface area contributed by atoms with Crippen LogP contribution in [0.1, 0.15) is 34.7 Å². The quantitative estimate of drug-likeness (QED) is 0.379. The Balaban J connectivity index is 1.34. The summed E-state index contributed by atoms with van der Waals surface area (Å²) in [5, 5.41) is 9.43. The Hall–Kier alpha value is -2.95. The maximum atomic E-state index is 14.1. The van der Waals surface area contributed by atoms with Gasteiger partial charge in [0.1, 0.15) is 12.4 Å². The number of benzene rings is 2. The molecule has 1 amide bonds. The first-order valence-corrected chi connectivity index (χ1v) is 12.9. The summed E-state index contributed by atoms with van der Waals surface area (Å²) in [5.41, 5.74) is 2.33. The summed E-state index contributed by atoms with van der Waals surface area (Å²) >= 11 is 1.59. The number of halogens is 1. The van der Waals surface area contributed by atoms with E-state index in [1.54, 1.807) is 38.1 Å². The molecule has 2 aromatic carbocycles. The molecule has 1 atom stereocenters. The molecule has 1 saturated heterocycles. The third kappa shape index (κ3) is 6.05. The lowest BCUT2D eigenvalue weighted by molar-refractivity contribution is 0.0746. The number of ether oxygens (including phenoxy) is 2. The molecule has 3 aromatic rings. The Labute approximate surface area is 215 Å². The summed E-state index contributed by atoms with van der Waals surface area (Å²) in [6.07, 6.45) is 0. The Morgan fingerprint density at radius 3 is 2.42 bits per heavy atom. The van der Waals surface area contributed by atoms with E-state index >= 15 is 0 Å². The largest absolute Gasteiger partial charge is 0.383 e. The Morgan fingerprint density at radius 2 is 1.75 bits per heavy atom. The van der Waals surface area contributed by atoms with E-state index in [2.05, 4.69) is 21.7 Å². The van der Waals surface area contributed by atoms with E-state index in [9.17, 15) is 9.18 Å². The zero-order chi connectivity index (χ0) is 25.5. The lowest BCUT2D eigenvalue weighted by Crippen LogP contribution is -2.49. The van der Waals surface area contributed by atoms with Gasteiger partial charge < -0.3 is 19.3 Å². The van der Waals surface area contributed by atoms with Crippen LogP contribution in [-0.2, 0) is 21.8 Å². The van der Waals surface area contributed by atoms with Crippen molar-refractivity contribution in [2.24, 2.45) is 0 Å². The van der Waals surface area contributed by atoms with Crippen molar-refractivity contribution in [1.82, 2.24) is 19.7 Å². The van der Waals surface area contributed by atoms with Gasteiger partial charge in [0, 0.05) is 51.7 Å². The average Bonchev–Trinajstić information content (AvgIpc) is 3.31. The molecule has 8 nitrogen and oxygen atoms in total. The summed E-state index contributed by atoms with van der Waals surface area (Å²) in [5.74, 6) is 1.23. The van der Waals surface area contributed by atoms with Gasteiger partial charge in [-0.1, -0.05) is 36.0 Å². The number of piperazine rings is 1. The van der Waals surface area contributed by atoms with Crippen molar-refractivity contribution in [2.75, 3.05) is 51.9 Å². The number of carbonyl (C=O) groups is 1. The molecule has 0 saturated carbocycles. The van der Waals surface area contributed by atoms with Crippen LogP contribution in [0, 0.1) is 5.82 Å². The van der Waals surface area contributed by atoms with Gasteiger partial charge in [-0.05, 0) is 36.8 Å². The lowest BCUT2D eigenvalue weighted by atomic mass is 10.1. The SMILES string of the molecule is COCc1nnc(SCc2ccc(C(=O)N3CCN(c4ccccc4F)CC3)cc2)n1[C@H](C)COC. The zero-order valence-electron chi connectivity index (χ0n) is 20.9. The van der Waals surface area contributed by atoms with Crippen LogP contribution in [0.2, 0.25) is 0 Å². The smallest absolute Gasteiger partial charge is 0.253 e. The molecule has 0 aliphatic carbocycles. The van der Waals surface area contributed by atoms with Crippen molar-refractivity contribution in [3.63, 3.8) is 0 Å². The third-order valence-corrected chi connectivity index (χ3v) is 7.20. The van der Waals surface area contributed by atoms with Gasteiger partial charge in [0.05, 0.1) is 18.3 Å². The molecule has 1 aliphatic rings. The number of para-hydroxylation sites is 1. The van der Waals surface area contributed by atoms with Gasteiger partial charge in [-0.3, -0.25) is 9.36 Å². The van der Waals surface area contributed by atoms with E-state index in [0.29, 0.717) is 56.4 Å². The van der Waals surface area contributed by atoms with E-state index in [0.717, 1.165) is 16.5 Å². The third-order valence-electron chi connectivity index (χ3n) is 6.19. The zero-order valence-corrected chi connectivity index (χ0v) is 21.7. The first-order valence-electron chi connectivity index (χ1n) is 11.9. The molecule has 4 rings (SSSR count). The minimum Gasteiger partial charge on any atom is -0.383 e. The van der Waals surface area contributed by atoms with Gasteiger partial charge in [0.2, 0.25) is 0 Å². The van der Waals surface area contributed by atoms with Crippen molar-refractivity contribution in [3.05, 3.63) is 71.3 Å². The number of anilines is 1. The highest BCUT2D eigenvalue weighted by Gasteiger charge is 2.24. The van der Waals surface area contributed by atoms with Crippen molar-refractivity contribution < 1.29 is 18.7 Å². The van der Waals surface area contributed by atoms with Crippen molar-refractivity contribution >= 4 is 23.4 Å². The van der Waals surface area contributed by atoms with Crippen LogP contribution < -0.4 is 4.90 Å². The summed E-state index contributed by atoms with van der Waals surface area (Å²) in [6.45, 7) is 5.32. The molecule has 2 heterocycles. The van der Waals surface area contributed by atoms with E-state index in [4.69, 9.17) is 9.47 Å². The molecule has 1 fully saturated rings. The van der Waals surface area contributed by atoms with Crippen molar-refractivity contribution in [1.29, 1.82) is 0 Å². The number of nitrogens with zero attached hydrogens (tertiary/aromatic N) is 5. The van der Waals surface area contributed by atoms with Crippen molar-refractivity contribution in [2.45, 2.75) is 30.5 Å². The first kappa shape index (κ1) is 26.1. The topological polar surface area (TPSA) is 72.7 Å². The second-order valence-electron chi connectivity index (χ2n) is 8.72. The van der Waals surface area contributed by atoms with E-state index in [1.807, 2.05) is 40.1 Å². The predicted octanol–water partition coefficient (Wildman–Crippen LogP) is 4.03. The normalized spacial score (nSPS) is 14.8. The number of aromatic nitrogens is 3. The molecule has 0 unspecified atom stereocenters. The van der Waals surface area contributed by atoms with Crippen LogP contribution in [0.3, 0.4) is 0 Å². The highest BCUT2D eigenvalue weighted by Crippen LogP contribution is 2.26. The summed E-state index contributed by atoms with van der Waals surface area (Å²) < 4.78 is 26.7. The molecule has 0 bridgehead atoms. The number of carbonyl (C=O) groups excluding carboxylic acids is 1. The monoisotopic (exact) mass is 513 g/mol. The minimum absolute atomic E-state index is 0.000252. The second kappa shape index (κ2) is 12.3.